The molecule has 0 radical (unpaired) electrons. The van der Waals surface area contributed by atoms with Crippen molar-refractivity contribution >= 4 is 34.2 Å². The van der Waals surface area contributed by atoms with Gasteiger partial charge in [0.15, 0.2) is 0 Å². The first-order valence-corrected chi connectivity index (χ1v) is 5.58. The van der Waals surface area contributed by atoms with Crippen LogP contribution < -0.4 is 5.32 Å². The highest BCUT2D eigenvalue weighted by atomic mass is 127. The van der Waals surface area contributed by atoms with Gasteiger partial charge in [-0.3, -0.25) is 4.79 Å². The SMILES string of the molecule is COCc1ccc(NC(=O)C(F)(F)F)c(I)c1. The maximum atomic E-state index is 12.0. The number of carbonyl (C=O) groups is 1. The number of hydrogen-bond donors (Lipinski definition) is 1. The van der Waals surface area contributed by atoms with Gasteiger partial charge in [0.25, 0.3) is 0 Å². The van der Waals surface area contributed by atoms with Crippen molar-refractivity contribution in [1.82, 2.24) is 0 Å². The van der Waals surface area contributed by atoms with Gasteiger partial charge in [-0.1, -0.05) is 6.07 Å². The number of carbonyl (C=O) groups excluding carboxylic acids is 1. The first kappa shape index (κ1) is 14.2. The summed E-state index contributed by atoms with van der Waals surface area (Å²) in [5.74, 6) is -1.98. The molecular formula is C10H9F3INO2. The maximum Gasteiger partial charge on any atom is 0.471 e. The Labute approximate surface area is 109 Å². The van der Waals surface area contributed by atoms with Crippen molar-refractivity contribution in [2.24, 2.45) is 0 Å². The molecule has 0 saturated carbocycles. The predicted molar refractivity (Wildman–Crippen MR) is 64.6 cm³/mol. The van der Waals surface area contributed by atoms with Gasteiger partial charge in [-0.2, -0.15) is 13.2 Å². The molecule has 1 amide bonds. The summed E-state index contributed by atoms with van der Waals surface area (Å²) >= 11 is 1.85. The summed E-state index contributed by atoms with van der Waals surface area (Å²) in [4.78, 5) is 10.7. The summed E-state index contributed by atoms with van der Waals surface area (Å²) in [7, 11) is 1.52. The van der Waals surface area contributed by atoms with Crippen molar-refractivity contribution in [3.63, 3.8) is 0 Å². The van der Waals surface area contributed by atoms with Crippen molar-refractivity contribution in [1.29, 1.82) is 0 Å². The largest absolute Gasteiger partial charge is 0.471 e. The molecule has 0 aliphatic carbocycles. The lowest BCUT2D eigenvalue weighted by molar-refractivity contribution is -0.167. The smallest absolute Gasteiger partial charge is 0.380 e. The average Bonchev–Trinajstić information content (AvgIpc) is 2.21. The Morgan fingerprint density at radius 2 is 2.12 bits per heavy atom. The summed E-state index contributed by atoms with van der Waals surface area (Å²) in [6.07, 6.45) is -4.88. The molecule has 94 valence electrons. The van der Waals surface area contributed by atoms with E-state index in [1.54, 1.807) is 12.1 Å². The Kier molecular flexibility index (Phi) is 4.75. The number of nitrogens with one attached hydrogen (secondary N) is 1. The van der Waals surface area contributed by atoms with Gasteiger partial charge in [-0.15, -0.1) is 0 Å². The second kappa shape index (κ2) is 5.67. The van der Waals surface area contributed by atoms with E-state index in [2.05, 4.69) is 0 Å². The van der Waals surface area contributed by atoms with Crippen LogP contribution >= 0.6 is 22.6 Å². The third kappa shape index (κ3) is 4.15. The minimum absolute atomic E-state index is 0.132. The van der Waals surface area contributed by atoms with Crippen molar-refractivity contribution in [2.75, 3.05) is 12.4 Å². The summed E-state index contributed by atoms with van der Waals surface area (Å²) in [5, 5.41) is 1.81. The fraction of sp³-hybridized carbons (Fsp3) is 0.300. The molecule has 1 aromatic rings. The third-order valence-corrected chi connectivity index (χ3v) is 2.74. The van der Waals surface area contributed by atoms with Gasteiger partial charge < -0.3 is 10.1 Å². The van der Waals surface area contributed by atoms with Gasteiger partial charge >= 0.3 is 12.1 Å². The first-order valence-electron chi connectivity index (χ1n) is 4.50. The molecule has 0 atom stereocenters. The van der Waals surface area contributed by atoms with Crippen LogP contribution in [0.15, 0.2) is 18.2 Å². The van der Waals surface area contributed by atoms with Crippen LogP contribution in [0.25, 0.3) is 0 Å². The van der Waals surface area contributed by atoms with Crippen LogP contribution in [-0.2, 0) is 16.1 Å². The molecule has 0 heterocycles. The summed E-state index contributed by atoms with van der Waals surface area (Å²) in [6, 6.07) is 4.66. The Bertz CT molecular complexity index is 421. The van der Waals surface area contributed by atoms with Crippen LogP contribution in [-0.4, -0.2) is 19.2 Å². The number of alkyl halides is 3. The highest BCUT2D eigenvalue weighted by molar-refractivity contribution is 14.1. The van der Waals surface area contributed by atoms with Crippen LogP contribution in [0.2, 0.25) is 0 Å². The van der Waals surface area contributed by atoms with E-state index in [0.29, 0.717) is 10.2 Å². The van der Waals surface area contributed by atoms with E-state index in [1.807, 2.05) is 27.9 Å². The quantitative estimate of drug-likeness (QED) is 0.843. The zero-order valence-corrected chi connectivity index (χ0v) is 10.9. The fourth-order valence-electron chi connectivity index (χ4n) is 1.11. The van der Waals surface area contributed by atoms with Crippen molar-refractivity contribution < 1.29 is 22.7 Å². The molecule has 3 nitrogen and oxygen atoms in total. The summed E-state index contributed by atoms with van der Waals surface area (Å²) in [6.45, 7) is 0.365. The number of methoxy groups -OCH3 is 1. The number of hydrogen-bond acceptors (Lipinski definition) is 2. The molecule has 0 saturated heterocycles. The van der Waals surface area contributed by atoms with Gasteiger partial charge in [-0.05, 0) is 40.3 Å². The molecule has 0 aromatic heterocycles. The standard InChI is InChI=1S/C10H9F3INO2/c1-17-5-6-2-3-8(7(14)4-6)15-9(16)10(11,12)13/h2-4H,5H2,1H3,(H,15,16). The third-order valence-electron chi connectivity index (χ3n) is 1.85. The Hall–Kier alpha value is -0.830. The molecule has 0 unspecified atom stereocenters. The van der Waals surface area contributed by atoms with Crippen molar-refractivity contribution in [2.45, 2.75) is 12.8 Å². The van der Waals surface area contributed by atoms with Crippen LogP contribution in [0.1, 0.15) is 5.56 Å². The monoisotopic (exact) mass is 359 g/mol. The van der Waals surface area contributed by atoms with E-state index in [0.717, 1.165) is 5.56 Å². The van der Waals surface area contributed by atoms with Crippen molar-refractivity contribution in [3.8, 4) is 0 Å². The van der Waals surface area contributed by atoms with Crippen LogP contribution in [0, 0.1) is 3.57 Å². The van der Waals surface area contributed by atoms with Gasteiger partial charge in [0, 0.05) is 10.7 Å². The molecule has 1 aromatic carbocycles. The normalized spacial score (nSPS) is 11.4. The fourth-order valence-corrected chi connectivity index (χ4v) is 1.82. The van der Waals surface area contributed by atoms with Crippen LogP contribution in [0.4, 0.5) is 18.9 Å². The van der Waals surface area contributed by atoms with Gasteiger partial charge in [-0.25, -0.2) is 0 Å². The van der Waals surface area contributed by atoms with E-state index in [-0.39, 0.29) is 5.69 Å². The molecular weight excluding hydrogens is 350 g/mol. The number of ether oxygens (including phenoxy) is 1. The maximum absolute atomic E-state index is 12.0. The lowest BCUT2D eigenvalue weighted by Crippen LogP contribution is -2.30. The number of amides is 1. The van der Waals surface area contributed by atoms with Crippen molar-refractivity contribution in [3.05, 3.63) is 27.3 Å². The Morgan fingerprint density at radius 3 is 2.59 bits per heavy atom. The predicted octanol–water partition coefficient (Wildman–Crippen LogP) is 2.94. The Balaban J connectivity index is 2.83. The first-order chi connectivity index (χ1) is 7.84. The highest BCUT2D eigenvalue weighted by Gasteiger charge is 2.38. The molecule has 1 N–H and O–H groups in total. The van der Waals surface area contributed by atoms with E-state index in [9.17, 15) is 18.0 Å². The molecule has 0 aliphatic rings. The minimum Gasteiger partial charge on any atom is -0.380 e. The topological polar surface area (TPSA) is 38.3 Å². The molecule has 0 fully saturated rings. The number of anilines is 1. The van der Waals surface area contributed by atoms with E-state index >= 15 is 0 Å². The average molecular weight is 359 g/mol. The number of benzene rings is 1. The molecule has 7 heteroatoms. The van der Waals surface area contributed by atoms with Gasteiger partial charge in [0.2, 0.25) is 0 Å². The highest BCUT2D eigenvalue weighted by Crippen LogP contribution is 2.23. The minimum atomic E-state index is -4.88. The van der Waals surface area contributed by atoms with E-state index in [1.165, 1.54) is 13.2 Å². The van der Waals surface area contributed by atoms with Gasteiger partial charge in [0.1, 0.15) is 0 Å². The van der Waals surface area contributed by atoms with Gasteiger partial charge in [0.05, 0.1) is 12.3 Å². The molecule has 0 aliphatic heterocycles. The zero-order valence-electron chi connectivity index (χ0n) is 8.77. The molecule has 1 rings (SSSR count). The lowest BCUT2D eigenvalue weighted by atomic mass is 10.2. The van der Waals surface area contributed by atoms with Crippen LogP contribution in [0.5, 0.6) is 0 Å². The Morgan fingerprint density at radius 1 is 1.47 bits per heavy atom. The summed E-state index contributed by atoms with van der Waals surface area (Å²) in [5.41, 5.74) is 0.953. The second-order valence-electron chi connectivity index (χ2n) is 3.20. The number of rotatable bonds is 3. The number of halogens is 4. The van der Waals surface area contributed by atoms with Crippen LogP contribution in [0.3, 0.4) is 0 Å². The van der Waals surface area contributed by atoms with E-state index < -0.39 is 12.1 Å². The lowest BCUT2D eigenvalue weighted by Gasteiger charge is -2.10. The molecule has 0 spiro atoms. The molecule has 17 heavy (non-hydrogen) atoms. The second-order valence-corrected chi connectivity index (χ2v) is 4.36. The summed E-state index contributed by atoms with van der Waals surface area (Å²) < 4.78 is 41.5. The van der Waals surface area contributed by atoms with E-state index in [4.69, 9.17) is 4.74 Å². The zero-order chi connectivity index (χ0) is 13.1. The molecule has 0 bridgehead atoms.